The van der Waals surface area contributed by atoms with E-state index in [1.807, 2.05) is 4.90 Å². The minimum absolute atomic E-state index is 0.135. The first-order chi connectivity index (χ1) is 17.9. The molecule has 3 unspecified atom stereocenters. The molecule has 1 fully saturated rings. The number of hydrogen-bond donors (Lipinski definition) is 1. The lowest BCUT2D eigenvalue weighted by Gasteiger charge is -2.40. The molecule has 6 nitrogen and oxygen atoms in total. The van der Waals surface area contributed by atoms with Crippen LogP contribution in [-0.2, 0) is 32.8 Å². The minimum atomic E-state index is -4.83. The second kappa shape index (κ2) is 11.9. The van der Waals surface area contributed by atoms with Crippen molar-refractivity contribution in [2.45, 2.75) is 55.7 Å². The van der Waals surface area contributed by atoms with Crippen molar-refractivity contribution in [1.82, 2.24) is 9.80 Å². The van der Waals surface area contributed by atoms with Crippen LogP contribution in [-0.4, -0.2) is 61.9 Å². The van der Waals surface area contributed by atoms with Crippen LogP contribution in [0.15, 0.2) is 36.4 Å². The summed E-state index contributed by atoms with van der Waals surface area (Å²) in [6, 6.07) is 7.39. The number of hydrogen-bond acceptors (Lipinski definition) is 5. The van der Waals surface area contributed by atoms with Gasteiger partial charge in [0.2, 0.25) is 5.91 Å². The predicted octanol–water partition coefficient (Wildman–Crippen LogP) is 5.25. The zero-order valence-electron chi connectivity index (χ0n) is 21.7. The zero-order chi connectivity index (χ0) is 29.3. The van der Waals surface area contributed by atoms with Crippen molar-refractivity contribution < 1.29 is 30.8 Å². The Morgan fingerprint density at radius 2 is 1.82 bits per heavy atom. The Kier molecular flexibility index (Phi) is 9.64. The number of likely N-dealkylation sites (tertiary alicyclic amines) is 1. The van der Waals surface area contributed by atoms with Gasteiger partial charge in [0.15, 0.2) is 0 Å². The molecule has 39 heavy (non-hydrogen) atoms. The Morgan fingerprint density at radius 1 is 1.15 bits per heavy atom. The highest BCUT2D eigenvalue weighted by Crippen LogP contribution is 2.36. The van der Waals surface area contributed by atoms with Gasteiger partial charge in [0, 0.05) is 32.9 Å². The van der Waals surface area contributed by atoms with Gasteiger partial charge in [0.1, 0.15) is 15.7 Å². The molecule has 1 aliphatic rings. The Hall–Kier alpha value is -1.92. The van der Waals surface area contributed by atoms with E-state index in [-0.39, 0.29) is 35.9 Å². The van der Waals surface area contributed by atoms with Crippen LogP contribution in [0.25, 0.3) is 0 Å². The molecule has 0 bridgehead atoms. The van der Waals surface area contributed by atoms with E-state index in [0.29, 0.717) is 36.2 Å². The van der Waals surface area contributed by atoms with E-state index in [1.54, 1.807) is 25.1 Å². The van der Waals surface area contributed by atoms with Gasteiger partial charge >= 0.3 is 6.18 Å². The predicted molar refractivity (Wildman–Crippen MR) is 144 cm³/mol. The van der Waals surface area contributed by atoms with Crippen LogP contribution in [0.2, 0.25) is 10.0 Å². The number of carbonyl (C=O) groups excluding carboxylic acids is 1. The highest BCUT2D eigenvalue weighted by atomic mass is 35.5. The number of halogens is 6. The molecule has 0 saturated carbocycles. The maximum Gasteiger partial charge on any atom is 0.419 e. The third-order valence-electron chi connectivity index (χ3n) is 7.35. The van der Waals surface area contributed by atoms with E-state index < -0.39 is 44.2 Å². The number of sulfone groups is 1. The van der Waals surface area contributed by atoms with Gasteiger partial charge in [-0.2, -0.15) is 13.2 Å². The zero-order valence-corrected chi connectivity index (χ0v) is 24.1. The fourth-order valence-corrected chi connectivity index (χ4v) is 6.29. The van der Waals surface area contributed by atoms with Crippen molar-refractivity contribution in [3.05, 3.63) is 69.0 Å². The molecule has 1 aliphatic heterocycles. The smallest absolute Gasteiger partial charge is 0.341 e. The maximum atomic E-state index is 14.1. The second-order valence-corrected chi connectivity index (χ2v) is 13.4. The maximum absolute atomic E-state index is 14.1. The summed E-state index contributed by atoms with van der Waals surface area (Å²) < 4.78 is 77.0. The first-order valence-corrected chi connectivity index (χ1v) is 14.9. The number of amides is 1. The molecule has 3 atom stereocenters. The lowest BCUT2D eigenvalue weighted by atomic mass is 9.77. The molecule has 0 aliphatic carbocycles. The van der Waals surface area contributed by atoms with Crippen molar-refractivity contribution in [1.29, 1.82) is 0 Å². The fraction of sp³-hybridized carbons (Fsp3) is 0.500. The van der Waals surface area contributed by atoms with Gasteiger partial charge in [-0.15, -0.1) is 0 Å². The van der Waals surface area contributed by atoms with E-state index in [9.17, 15) is 30.8 Å². The Morgan fingerprint density at radius 3 is 2.36 bits per heavy atom. The highest BCUT2D eigenvalue weighted by molar-refractivity contribution is 7.91. The molecule has 0 aromatic heterocycles. The van der Waals surface area contributed by atoms with Gasteiger partial charge in [0.05, 0.1) is 32.4 Å². The van der Waals surface area contributed by atoms with Gasteiger partial charge in [0.25, 0.3) is 0 Å². The fourth-order valence-electron chi connectivity index (χ4n) is 4.91. The summed E-state index contributed by atoms with van der Waals surface area (Å²) >= 11 is 12.3. The monoisotopic (exact) mass is 611 g/mol. The molecule has 0 spiro atoms. The van der Waals surface area contributed by atoms with Crippen molar-refractivity contribution in [2.75, 3.05) is 26.4 Å². The van der Waals surface area contributed by atoms with Gasteiger partial charge in [-0.25, -0.2) is 12.8 Å². The number of carbonyl (C=O) groups is 1. The van der Waals surface area contributed by atoms with Gasteiger partial charge in [-0.1, -0.05) is 35.3 Å². The quantitative estimate of drug-likeness (QED) is 0.412. The average molecular weight is 613 g/mol. The molecule has 13 heteroatoms. The largest absolute Gasteiger partial charge is 0.419 e. The highest BCUT2D eigenvalue weighted by Gasteiger charge is 2.40. The van der Waals surface area contributed by atoms with Crippen molar-refractivity contribution in [3.8, 4) is 0 Å². The van der Waals surface area contributed by atoms with Gasteiger partial charge < -0.3 is 10.6 Å². The molecule has 1 heterocycles. The van der Waals surface area contributed by atoms with Crippen molar-refractivity contribution >= 4 is 38.9 Å². The van der Waals surface area contributed by atoms with E-state index in [0.717, 1.165) is 12.1 Å². The van der Waals surface area contributed by atoms with Crippen LogP contribution < -0.4 is 5.73 Å². The topological polar surface area (TPSA) is 83.7 Å². The van der Waals surface area contributed by atoms with Crippen molar-refractivity contribution in [3.63, 3.8) is 0 Å². The molecule has 2 N–H and O–H groups in total. The molecular weight excluding hydrogens is 581 g/mol. The van der Waals surface area contributed by atoms with Crippen LogP contribution in [0.4, 0.5) is 17.6 Å². The third-order valence-corrected chi connectivity index (χ3v) is 9.73. The number of piperidine rings is 1. The normalized spacial score (nSPS) is 20.5. The van der Waals surface area contributed by atoms with E-state index >= 15 is 0 Å². The Balaban J connectivity index is 1.84. The number of nitrogens with two attached hydrogens (primary N) is 1. The van der Waals surface area contributed by atoms with Crippen LogP contribution in [0.3, 0.4) is 0 Å². The van der Waals surface area contributed by atoms with E-state index in [2.05, 4.69) is 0 Å². The van der Waals surface area contributed by atoms with Crippen LogP contribution in [0.5, 0.6) is 0 Å². The standard InChI is InChI=1S/C26H31Cl2F4N3O3S/c1-25(17-5-7-20(27)21(28)13-17,9-11-35-10-8-18(14-23(35)33)39(3,37)38)24(36)34(2)15-16-4-6-19(22(29)12-16)26(30,31)32/h4-7,12-13,18,23H,8-11,14-15,33H2,1-3H3. The second-order valence-electron chi connectivity index (χ2n) is 10.3. The Bertz CT molecular complexity index is 1330. The first kappa shape index (κ1) is 31.6. The summed E-state index contributed by atoms with van der Waals surface area (Å²) in [5.41, 5.74) is 4.50. The van der Waals surface area contributed by atoms with Gasteiger partial charge in [-0.3, -0.25) is 9.69 Å². The van der Waals surface area contributed by atoms with Crippen LogP contribution in [0.1, 0.15) is 42.9 Å². The third kappa shape index (κ3) is 7.43. The number of alkyl halides is 3. The van der Waals surface area contributed by atoms with Gasteiger partial charge in [-0.05, 0) is 61.6 Å². The first-order valence-electron chi connectivity index (χ1n) is 12.2. The SMILES string of the molecule is CN(Cc1ccc(C(F)(F)F)c(F)c1)C(=O)C(C)(CCN1CCC(S(C)(=O)=O)CC1N)c1ccc(Cl)c(Cl)c1. The molecule has 2 aromatic carbocycles. The number of benzene rings is 2. The minimum Gasteiger partial charge on any atom is -0.341 e. The van der Waals surface area contributed by atoms with Crippen LogP contribution >= 0.6 is 23.2 Å². The Labute approximate surface area is 236 Å². The molecule has 1 saturated heterocycles. The van der Waals surface area contributed by atoms with Crippen molar-refractivity contribution in [2.24, 2.45) is 5.73 Å². The number of nitrogens with zero attached hydrogens (tertiary/aromatic N) is 2. The summed E-state index contributed by atoms with van der Waals surface area (Å²) in [6.07, 6.45) is -3.18. The molecule has 1 amide bonds. The number of likely N-dealkylation sites (N-methyl/N-ethyl adjacent to an activating group) is 1. The summed E-state index contributed by atoms with van der Waals surface area (Å²) in [4.78, 5) is 17.1. The summed E-state index contributed by atoms with van der Waals surface area (Å²) in [7, 11) is -1.75. The lowest BCUT2D eigenvalue weighted by molar-refractivity contribution is -0.140. The molecular formula is C26H31Cl2F4N3O3S. The summed E-state index contributed by atoms with van der Waals surface area (Å²) in [5, 5.41) is 0.0158. The summed E-state index contributed by atoms with van der Waals surface area (Å²) in [5.74, 6) is -1.79. The molecule has 0 radical (unpaired) electrons. The van der Waals surface area contributed by atoms with E-state index in [1.165, 1.54) is 18.2 Å². The summed E-state index contributed by atoms with van der Waals surface area (Å²) in [6.45, 7) is 2.38. The molecule has 2 aromatic rings. The lowest BCUT2D eigenvalue weighted by Crippen LogP contribution is -2.53. The van der Waals surface area contributed by atoms with E-state index in [4.69, 9.17) is 28.9 Å². The van der Waals surface area contributed by atoms with Crippen LogP contribution in [0, 0.1) is 5.82 Å². The molecule has 3 rings (SSSR count). The number of rotatable bonds is 8. The average Bonchev–Trinajstić information content (AvgIpc) is 2.82. The molecule has 216 valence electrons.